The van der Waals surface area contributed by atoms with Crippen molar-refractivity contribution in [2.75, 3.05) is 0 Å². The van der Waals surface area contributed by atoms with Gasteiger partial charge in [0.1, 0.15) is 0 Å². The van der Waals surface area contributed by atoms with Crippen LogP contribution in [0.15, 0.2) is 28.8 Å². The molecule has 1 amide bonds. The predicted molar refractivity (Wildman–Crippen MR) is 80.9 cm³/mol. The SMILES string of the molecule is CC(C)C(C)NC(=O)Cc1noc(-c2ccccc2Cl)n1. The van der Waals surface area contributed by atoms with Crippen LogP contribution in [0.1, 0.15) is 26.6 Å². The second kappa shape index (κ2) is 6.72. The summed E-state index contributed by atoms with van der Waals surface area (Å²) in [5.41, 5.74) is 0.661. The number of aromatic nitrogens is 2. The highest BCUT2D eigenvalue weighted by Gasteiger charge is 2.16. The Morgan fingerprint density at radius 3 is 2.71 bits per heavy atom. The van der Waals surface area contributed by atoms with Gasteiger partial charge < -0.3 is 9.84 Å². The van der Waals surface area contributed by atoms with Gasteiger partial charge in [-0.2, -0.15) is 4.98 Å². The van der Waals surface area contributed by atoms with Crippen LogP contribution in [0.25, 0.3) is 11.5 Å². The average Bonchev–Trinajstić information content (AvgIpc) is 2.87. The summed E-state index contributed by atoms with van der Waals surface area (Å²) in [6, 6.07) is 7.30. The number of amides is 1. The van der Waals surface area contributed by atoms with Gasteiger partial charge in [-0.15, -0.1) is 0 Å². The van der Waals surface area contributed by atoms with Gasteiger partial charge in [0.2, 0.25) is 5.91 Å². The molecule has 5 nitrogen and oxygen atoms in total. The van der Waals surface area contributed by atoms with Crippen molar-refractivity contribution in [1.29, 1.82) is 0 Å². The van der Waals surface area contributed by atoms with Crippen molar-refractivity contribution < 1.29 is 9.32 Å². The van der Waals surface area contributed by atoms with Gasteiger partial charge >= 0.3 is 0 Å². The summed E-state index contributed by atoms with van der Waals surface area (Å²) < 4.78 is 5.16. The number of hydrogen-bond acceptors (Lipinski definition) is 4. The third kappa shape index (κ3) is 4.04. The Morgan fingerprint density at radius 1 is 1.33 bits per heavy atom. The molecule has 0 radical (unpaired) electrons. The van der Waals surface area contributed by atoms with E-state index in [-0.39, 0.29) is 18.4 Å². The molecule has 0 saturated carbocycles. The zero-order valence-electron chi connectivity index (χ0n) is 12.3. The first kappa shape index (κ1) is 15.5. The van der Waals surface area contributed by atoms with Gasteiger partial charge in [-0.05, 0) is 25.0 Å². The fourth-order valence-corrected chi connectivity index (χ4v) is 1.90. The lowest BCUT2D eigenvalue weighted by atomic mass is 10.1. The molecule has 112 valence electrons. The number of benzene rings is 1. The van der Waals surface area contributed by atoms with Crippen LogP contribution in [0, 0.1) is 5.92 Å². The van der Waals surface area contributed by atoms with Crippen LogP contribution in [0.3, 0.4) is 0 Å². The number of rotatable bonds is 5. The molecule has 1 N–H and O–H groups in total. The van der Waals surface area contributed by atoms with E-state index in [0.717, 1.165) is 0 Å². The molecule has 2 aromatic rings. The summed E-state index contributed by atoms with van der Waals surface area (Å²) in [7, 11) is 0. The molecule has 1 heterocycles. The van der Waals surface area contributed by atoms with E-state index in [0.29, 0.717) is 28.2 Å². The van der Waals surface area contributed by atoms with E-state index in [9.17, 15) is 4.79 Å². The summed E-state index contributed by atoms with van der Waals surface area (Å²) in [4.78, 5) is 16.1. The number of carbonyl (C=O) groups is 1. The molecule has 1 aromatic heterocycles. The number of nitrogens with zero attached hydrogens (tertiary/aromatic N) is 2. The van der Waals surface area contributed by atoms with Gasteiger partial charge in [-0.1, -0.05) is 42.7 Å². The van der Waals surface area contributed by atoms with E-state index in [1.807, 2.05) is 19.1 Å². The van der Waals surface area contributed by atoms with Crippen LogP contribution in [-0.2, 0) is 11.2 Å². The summed E-state index contributed by atoms with van der Waals surface area (Å²) in [6.07, 6.45) is 0.0883. The molecule has 1 unspecified atom stereocenters. The lowest BCUT2D eigenvalue weighted by molar-refractivity contribution is -0.121. The molecular formula is C15H18ClN3O2. The zero-order valence-corrected chi connectivity index (χ0v) is 13.0. The second-order valence-corrected chi connectivity index (χ2v) is 5.68. The Bertz CT molecular complexity index is 625. The molecule has 0 aliphatic carbocycles. The Balaban J connectivity index is 2.04. The Hall–Kier alpha value is -1.88. The molecule has 1 atom stereocenters. The third-order valence-corrected chi connectivity index (χ3v) is 3.61. The first-order chi connectivity index (χ1) is 9.97. The van der Waals surface area contributed by atoms with Crippen molar-refractivity contribution in [2.24, 2.45) is 5.92 Å². The summed E-state index contributed by atoms with van der Waals surface area (Å²) in [5.74, 6) is 0.916. The highest BCUT2D eigenvalue weighted by atomic mass is 35.5. The average molecular weight is 308 g/mol. The Morgan fingerprint density at radius 2 is 2.05 bits per heavy atom. The molecular weight excluding hydrogens is 290 g/mol. The highest BCUT2D eigenvalue weighted by Crippen LogP contribution is 2.25. The molecule has 0 saturated heterocycles. The maximum Gasteiger partial charge on any atom is 0.259 e. The normalized spacial score (nSPS) is 12.4. The minimum Gasteiger partial charge on any atom is -0.353 e. The lowest BCUT2D eigenvalue weighted by Crippen LogP contribution is -2.37. The number of nitrogens with one attached hydrogen (secondary N) is 1. The van der Waals surface area contributed by atoms with Crippen LogP contribution in [-0.4, -0.2) is 22.1 Å². The van der Waals surface area contributed by atoms with Crippen LogP contribution < -0.4 is 5.32 Å². The summed E-state index contributed by atoms with van der Waals surface area (Å²) in [6.45, 7) is 6.07. The van der Waals surface area contributed by atoms with E-state index in [1.54, 1.807) is 12.1 Å². The molecule has 0 aliphatic rings. The first-order valence-corrected chi connectivity index (χ1v) is 7.22. The summed E-state index contributed by atoms with van der Waals surface area (Å²) >= 11 is 6.07. The standard InChI is InChI=1S/C15H18ClN3O2/c1-9(2)10(3)17-14(20)8-13-18-15(21-19-13)11-6-4-5-7-12(11)16/h4-7,9-10H,8H2,1-3H3,(H,17,20). The number of halogens is 1. The van der Waals surface area contributed by atoms with Crippen molar-refractivity contribution in [2.45, 2.75) is 33.2 Å². The van der Waals surface area contributed by atoms with Crippen molar-refractivity contribution in [1.82, 2.24) is 15.5 Å². The van der Waals surface area contributed by atoms with Crippen molar-refractivity contribution in [3.8, 4) is 11.5 Å². The maximum atomic E-state index is 11.9. The van der Waals surface area contributed by atoms with Gasteiger partial charge in [0.25, 0.3) is 5.89 Å². The van der Waals surface area contributed by atoms with E-state index >= 15 is 0 Å². The van der Waals surface area contributed by atoms with Gasteiger partial charge in [0.05, 0.1) is 17.0 Å². The molecule has 0 spiro atoms. The van der Waals surface area contributed by atoms with Gasteiger partial charge in [0, 0.05) is 6.04 Å². The zero-order chi connectivity index (χ0) is 15.4. The van der Waals surface area contributed by atoms with Crippen LogP contribution >= 0.6 is 11.6 Å². The van der Waals surface area contributed by atoms with Crippen molar-refractivity contribution in [3.05, 3.63) is 35.1 Å². The minimum atomic E-state index is -0.122. The molecule has 0 bridgehead atoms. The molecule has 0 fully saturated rings. The van der Waals surface area contributed by atoms with Gasteiger partial charge in [-0.25, -0.2) is 0 Å². The fraction of sp³-hybridized carbons (Fsp3) is 0.400. The second-order valence-electron chi connectivity index (χ2n) is 5.27. The molecule has 2 rings (SSSR count). The maximum absolute atomic E-state index is 11.9. The first-order valence-electron chi connectivity index (χ1n) is 6.84. The Labute approximate surface area is 128 Å². The predicted octanol–water partition coefficient (Wildman–Crippen LogP) is 3.09. The third-order valence-electron chi connectivity index (χ3n) is 3.28. The number of carbonyl (C=O) groups excluding carboxylic acids is 1. The summed E-state index contributed by atoms with van der Waals surface area (Å²) in [5, 5.41) is 7.25. The smallest absolute Gasteiger partial charge is 0.259 e. The highest BCUT2D eigenvalue weighted by molar-refractivity contribution is 6.33. The van der Waals surface area contributed by atoms with E-state index in [4.69, 9.17) is 16.1 Å². The van der Waals surface area contributed by atoms with E-state index in [1.165, 1.54) is 0 Å². The van der Waals surface area contributed by atoms with Crippen molar-refractivity contribution >= 4 is 17.5 Å². The van der Waals surface area contributed by atoms with Crippen LogP contribution in [0.4, 0.5) is 0 Å². The molecule has 0 aliphatic heterocycles. The van der Waals surface area contributed by atoms with E-state index in [2.05, 4.69) is 29.3 Å². The molecule has 6 heteroatoms. The topological polar surface area (TPSA) is 68.0 Å². The number of hydrogen-bond donors (Lipinski definition) is 1. The molecule has 1 aromatic carbocycles. The lowest BCUT2D eigenvalue weighted by Gasteiger charge is -2.16. The van der Waals surface area contributed by atoms with Gasteiger partial charge in [-0.3, -0.25) is 4.79 Å². The largest absolute Gasteiger partial charge is 0.353 e. The Kier molecular flexibility index (Phi) is 4.96. The van der Waals surface area contributed by atoms with Crippen LogP contribution in [0.5, 0.6) is 0 Å². The molecule has 21 heavy (non-hydrogen) atoms. The van der Waals surface area contributed by atoms with Gasteiger partial charge in [0.15, 0.2) is 5.82 Å². The minimum absolute atomic E-state index is 0.0883. The van der Waals surface area contributed by atoms with E-state index < -0.39 is 0 Å². The van der Waals surface area contributed by atoms with Crippen molar-refractivity contribution in [3.63, 3.8) is 0 Å². The monoisotopic (exact) mass is 307 g/mol. The fourth-order valence-electron chi connectivity index (χ4n) is 1.69. The quantitative estimate of drug-likeness (QED) is 0.921. The van der Waals surface area contributed by atoms with Crippen LogP contribution in [0.2, 0.25) is 5.02 Å².